The molecule has 4 rings (SSSR count). The minimum absolute atomic E-state index is 0.0998. The largest absolute Gasteiger partial charge is 0.334 e. The van der Waals surface area contributed by atoms with E-state index in [0.717, 1.165) is 48.4 Å². The number of benzene rings is 1. The lowest BCUT2D eigenvalue weighted by Crippen LogP contribution is -2.38. The summed E-state index contributed by atoms with van der Waals surface area (Å²) < 4.78 is 4.09. The predicted molar refractivity (Wildman–Crippen MR) is 91.7 cm³/mol. The van der Waals surface area contributed by atoms with Gasteiger partial charge in [-0.3, -0.25) is 4.79 Å². The number of aromatic nitrogens is 4. The van der Waals surface area contributed by atoms with Gasteiger partial charge in [0.15, 0.2) is 0 Å². The second-order valence-electron chi connectivity index (χ2n) is 6.48. The first-order valence-corrected chi connectivity index (χ1v) is 8.33. The first-order valence-electron chi connectivity index (χ1n) is 8.33. The van der Waals surface area contributed by atoms with Crippen molar-refractivity contribution in [3.8, 4) is 0 Å². The van der Waals surface area contributed by atoms with E-state index in [1.807, 2.05) is 54.0 Å². The SMILES string of the molecule is Cc1nccn1CC1CCCN1C(=O)c1ccc2c(c1)ncn2C. The lowest BCUT2D eigenvalue weighted by molar-refractivity contribution is 0.0724. The highest BCUT2D eigenvalue weighted by Gasteiger charge is 2.30. The van der Waals surface area contributed by atoms with Crippen LogP contribution < -0.4 is 0 Å². The second kappa shape index (κ2) is 5.78. The molecular weight excluding hydrogens is 302 g/mol. The van der Waals surface area contributed by atoms with E-state index in [0.29, 0.717) is 0 Å². The smallest absolute Gasteiger partial charge is 0.254 e. The number of aryl methyl sites for hydroxylation is 2. The zero-order valence-electron chi connectivity index (χ0n) is 14.0. The Hall–Kier alpha value is -2.63. The quantitative estimate of drug-likeness (QED) is 0.743. The van der Waals surface area contributed by atoms with Crippen molar-refractivity contribution in [1.29, 1.82) is 0 Å². The minimum atomic E-state index is 0.0998. The second-order valence-corrected chi connectivity index (χ2v) is 6.48. The summed E-state index contributed by atoms with van der Waals surface area (Å²) in [5.74, 6) is 1.09. The summed E-state index contributed by atoms with van der Waals surface area (Å²) in [4.78, 5) is 23.6. The molecule has 1 aliphatic heterocycles. The van der Waals surface area contributed by atoms with Crippen LogP contribution in [-0.2, 0) is 13.6 Å². The summed E-state index contributed by atoms with van der Waals surface area (Å²) in [5, 5.41) is 0. The van der Waals surface area contributed by atoms with Crippen LogP contribution in [0.4, 0.5) is 0 Å². The third kappa shape index (κ3) is 2.48. The average Bonchev–Trinajstić information content (AvgIpc) is 3.29. The highest BCUT2D eigenvalue weighted by molar-refractivity contribution is 5.97. The van der Waals surface area contributed by atoms with Crippen molar-refractivity contribution >= 4 is 16.9 Å². The number of likely N-dealkylation sites (tertiary alicyclic amines) is 1. The molecule has 6 nitrogen and oxygen atoms in total. The van der Waals surface area contributed by atoms with Gasteiger partial charge in [0.1, 0.15) is 5.82 Å². The first-order chi connectivity index (χ1) is 11.6. The van der Waals surface area contributed by atoms with Crippen molar-refractivity contribution in [2.45, 2.75) is 32.4 Å². The predicted octanol–water partition coefficient (Wildman–Crippen LogP) is 2.38. The molecule has 0 spiro atoms. The van der Waals surface area contributed by atoms with Crippen LogP contribution in [0.25, 0.3) is 11.0 Å². The van der Waals surface area contributed by atoms with E-state index >= 15 is 0 Å². The Labute approximate surface area is 140 Å². The topological polar surface area (TPSA) is 56.0 Å². The number of carbonyl (C=O) groups is 1. The van der Waals surface area contributed by atoms with Gasteiger partial charge in [0.05, 0.1) is 23.4 Å². The molecule has 2 aromatic heterocycles. The number of fused-ring (bicyclic) bond motifs is 1. The monoisotopic (exact) mass is 323 g/mol. The van der Waals surface area contributed by atoms with Crippen LogP contribution in [0.15, 0.2) is 36.9 Å². The lowest BCUT2D eigenvalue weighted by Gasteiger charge is -2.25. The molecule has 1 aliphatic rings. The number of rotatable bonds is 3. The van der Waals surface area contributed by atoms with Gasteiger partial charge in [-0.15, -0.1) is 0 Å². The summed E-state index contributed by atoms with van der Waals surface area (Å²) in [6, 6.07) is 6.00. The normalized spacial score (nSPS) is 17.8. The molecule has 124 valence electrons. The number of hydrogen-bond acceptors (Lipinski definition) is 3. The Kier molecular flexibility index (Phi) is 3.59. The Morgan fingerprint density at radius 3 is 3.00 bits per heavy atom. The highest BCUT2D eigenvalue weighted by Crippen LogP contribution is 2.23. The fraction of sp³-hybridized carbons (Fsp3) is 0.389. The minimum Gasteiger partial charge on any atom is -0.334 e. The molecule has 0 aliphatic carbocycles. The van der Waals surface area contributed by atoms with Crippen LogP contribution in [0.5, 0.6) is 0 Å². The fourth-order valence-electron chi connectivity index (χ4n) is 3.55. The number of nitrogens with zero attached hydrogens (tertiary/aromatic N) is 5. The van der Waals surface area contributed by atoms with E-state index in [2.05, 4.69) is 14.5 Å². The lowest BCUT2D eigenvalue weighted by atomic mass is 10.1. The first kappa shape index (κ1) is 14.9. The molecule has 1 unspecified atom stereocenters. The number of hydrogen-bond donors (Lipinski definition) is 0. The van der Waals surface area contributed by atoms with E-state index in [-0.39, 0.29) is 11.9 Å². The summed E-state index contributed by atoms with van der Waals surface area (Å²) in [7, 11) is 1.96. The van der Waals surface area contributed by atoms with Crippen LogP contribution in [-0.4, -0.2) is 42.5 Å². The fourth-order valence-corrected chi connectivity index (χ4v) is 3.55. The maximum Gasteiger partial charge on any atom is 0.254 e. The van der Waals surface area contributed by atoms with Crippen LogP contribution >= 0.6 is 0 Å². The molecule has 6 heteroatoms. The van der Waals surface area contributed by atoms with E-state index in [9.17, 15) is 4.79 Å². The molecule has 0 bridgehead atoms. The van der Waals surface area contributed by atoms with Gasteiger partial charge in [-0.1, -0.05) is 0 Å². The van der Waals surface area contributed by atoms with Gasteiger partial charge in [-0.2, -0.15) is 0 Å². The number of carbonyl (C=O) groups excluding carboxylic acids is 1. The molecule has 1 fully saturated rings. The summed E-state index contributed by atoms with van der Waals surface area (Å²) >= 11 is 0. The van der Waals surface area contributed by atoms with Gasteiger partial charge >= 0.3 is 0 Å². The van der Waals surface area contributed by atoms with Crippen molar-refractivity contribution < 1.29 is 4.79 Å². The molecule has 0 N–H and O–H groups in total. The van der Waals surface area contributed by atoms with E-state index in [1.54, 1.807) is 6.33 Å². The molecule has 24 heavy (non-hydrogen) atoms. The van der Waals surface area contributed by atoms with Gasteiger partial charge in [-0.25, -0.2) is 9.97 Å². The Bertz CT molecular complexity index is 894. The molecule has 1 aromatic carbocycles. The maximum atomic E-state index is 13.0. The van der Waals surface area contributed by atoms with Crippen molar-refractivity contribution in [3.05, 3.63) is 48.3 Å². The molecule has 1 amide bonds. The van der Waals surface area contributed by atoms with Gasteiger partial charge in [0.25, 0.3) is 5.91 Å². The van der Waals surface area contributed by atoms with Crippen molar-refractivity contribution in [1.82, 2.24) is 24.0 Å². The van der Waals surface area contributed by atoms with E-state index in [1.165, 1.54) is 0 Å². The van der Waals surface area contributed by atoms with Crippen LogP contribution in [0.2, 0.25) is 0 Å². The average molecular weight is 323 g/mol. The summed E-state index contributed by atoms with van der Waals surface area (Å²) in [6.07, 6.45) is 7.66. The van der Waals surface area contributed by atoms with Crippen LogP contribution in [0.3, 0.4) is 0 Å². The zero-order valence-corrected chi connectivity index (χ0v) is 14.0. The molecule has 1 saturated heterocycles. The molecule has 3 heterocycles. The van der Waals surface area contributed by atoms with Crippen molar-refractivity contribution in [2.24, 2.45) is 7.05 Å². The molecule has 0 saturated carbocycles. The van der Waals surface area contributed by atoms with E-state index in [4.69, 9.17) is 0 Å². The zero-order chi connectivity index (χ0) is 16.7. The number of imidazole rings is 2. The number of amides is 1. The van der Waals surface area contributed by atoms with Crippen LogP contribution in [0, 0.1) is 6.92 Å². The Morgan fingerprint density at radius 1 is 1.33 bits per heavy atom. The Morgan fingerprint density at radius 2 is 2.21 bits per heavy atom. The van der Waals surface area contributed by atoms with Gasteiger partial charge in [0, 0.05) is 38.1 Å². The highest BCUT2D eigenvalue weighted by atomic mass is 16.2. The van der Waals surface area contributed by atoms with Crippen molar-refractivity contribution in [2.75, 3.05) is 6.54 Å². The third-order valence-electron chi connectivity index (χ3n) is 4.94. The van der Waals surface area contributed by atoms with Gasteiger partial charge in [0.2, 0.25) is 0 Å². The van der Waals surface area contributed by atoms with Gasteiger partial charge < -0.3 is 14.0 Å². The summed E-state index contributed by atoms with van der Waals surface area (Å²) in [6.45, 7) is 3.62. The molecule has 3 aromatic rings. The molecule has 0 radical (unpaired) electrons. The van der Waals surface area contributed by atoms with E-state index < -0.39 is 0 Å². The van der Waals surface area contributed by atoms with Crippen molar-refractivity contribution in [3.63, 3.8) is 0 Å². The van der Waals surface area contributed by atoms with Gasteiger partial charge in [-0.05, 0) is 38.0 Å². The molecule has 1 atom stereocenters. The third-order valence-corrected chi connectivity index (χ3v) is 4.94. The van der Waals surface area contributed by atoms with Crippen LogP contribution in [0.1, 0.15) is 29.0 Å². The summed E-state index contributed by atoms with van der Waals surface area (Å²) in [5.41, 5.74) is 2.62. The maximum absolute atomic E-state index is 13.0. The molecular formula is C18H21N5O. The standard InChI is InChI=1S/C18H21N5O/c1-13-19-7-9-22(13)11-15-4-3-8-23(15)18(24)14-5-6-17-16(10-14)20-12-21(17)2/h5-7,9-10,12,15H,3-4,8,11H2,1-2H3. The Balaban J connectivity index is 1.58.